The Kier molecular flexibility index (Phi) is 9.85. The Morgan fingerprint density at radius 1 is 1.09 bits per heavy atom. The van der Waals surface area contributed by atoms with E-state index in [4.69, 9.17) is 39.7 Å². The van der Waals surface area contributed by atoms with Gasteiger partial charge in [-0.2, -0.15) is 5.26 Å². The van der Waals surface area contributed by atoms with Gasteiger partial charge in [-0.15, -0.1) is 0 Å². The van der Waals surface area contributed by atoms with E-state index in [0.717, 1.165) is 57.3 Å². The summed E-state index contributed by atoms with van der Waals surface area (Å²) in [5, 5.41) is 16.2. The van der Waals surface area contributed by atoms with E-state index in [1.54, 1.807) is 6.20 Å². The van der Waals surface area contributed by atoms with Crippen molar-refractivity contribution in [1.29, 1.82) is 5.26 Å². The van der Waals surface area contributed by atoms with Gasteiger partial charge in [-0.3, -0.25) is 4.79 Å². The third-order valence-corrected chi connectivity index (χ3v) is 8.71. The van der Waals surface area contributed by atoms with Crippen molar-refractivity contribution in [3.05, 3.63) is 70.0 Å². The van der Waals surface area contributed by atoms with Gasteiger partial charge in [0, 0.05) is 30.7 Å². The summed E-state index contributed by atoms with van der Waals surface area (Å²) in [6.45, 7) is 1.86. The Bertz CT molecular complexity index is 1490. The molecule has 1 atom stereocenters. The Balaban J connectivity index is 1.36. The number of benzene rings is 2. The summed E-state index contributed by atoms with van der Waals surface area (Å²) in [5.74, 6) is 0.629. The van der Waals surface area contributed by atoms with Gasteiger partial charge < -0.3 is 27.0 Å². The Labute approximate surface area is 261 Å². The third kappa shape index (κ3) is 7.86. The zero-order valence-corrected chi connectivity index (χ0v) is 25.3. The van der Waals surface area contributed by atoms with E-state index >= 15 is 0 Å². The predicted molar refractivity (Wildman–Crippen MR) is 172 cm³/mol. The summed E-state index contributed by atoms with van der Waals surface area (Å²) in [5.41, 5.74) is 15.0. The molecular weight excluding hydrogens is 585 g/mol. The highest BCUT2D eigenvalue weighted by molar-refractivity contribution is 6.40. The van der Waals surface area contributed by atoms with E-state index in [1.165, 1.54) is 17.8 Å². The summed E-state index contributed by atoms with van der Waals surface area (Å²) in [6, 6.07) is 15.6. The monoisotopic (exact) mass is 619 g/mol. The van der Waals surface area contributed by atoms with Gasteiger partial charge in [0.2, 0.25) is 11.9 Å². The third-order valence-electron chi connectivity index (χ3n) is 8.12. The number of piperidine rings is 1. The summed E-state index contributed by atoms with van der Waals surface area (Å²) in [4.78, 5) is 28.2. The zero-order chi connectivity index (χ0) is 30.3. The molecular formula is C31H35Cl2N9O. The number of carbonyl (C=O) groups is 1. The van der Waals surface area contributed by atoms with Crippen LogP contribution >= 0.6 is 23.2 Å². The SMILES string of the molecule is N#Cc1cc(Cl)c(N/C(N)=N/c2cnc(N[C@@H]3CCCN(c4ccccc4)C3)nc2C[C@H]2CC[C@@H](C(N)=O)CC2)c(Cl)c1. The maximum Gasteiger partial charge on any atom is 0.223 e. The van der Waals surface area contributed by atoms with E-state index in [0.29, 0.717) is 35.2 Å². The van der Waals surface area contributed by atoms with Gasteiger partial charge >= 0.3 is 0 Å². The minimum Gasteiger partial charge on any atom is -0.369 e. The van der Waals surface area contributed by atoms with Crippen LogP contribution in [-0.4, -0.2) is 41.0 Å². The molecule has 0 spiro atoms. The van der Waals surface area contributed by atoms with E-state index in [1.807, 2.05) is 12.1 Å². The lowest BCUT2D eigenvalue weighted by Crippen LogP contribution is -2.42. The van der Waals surface area contributed by atoms with Crippen molar-refractivity contribution in [2.24, 2.45) is 28.3 Å². The van der Waals surface area contributed by atoms with Gasteiger partial charge in [0.25, 0.3) is 0 Å². The lowest BCUT2D eigenvalue weighted by Gasteiger charge is -2.34. The van der Waals surface area contributed by atoms with E-state index in [-0.39, 0.29) is 33.9 Å². The lowest BCUT2D eigenvalue weighted by atomic mass is 9.79. The number of nitrogens with two attached hydrogens (primary N) is 2. The normalized spacial score (nSPS) is 20.7. The maximum atomic E-state index is 11.7. The fraction of sp³-hybridized carbons (Fsp3) is 0.387. The molecule has 2 heterocycles. The molecule has 1 aromatic heterocycles. The van der Waals surface area contributed by atoms with E-state index in [2.05, 4.69) is 49.8 Å². The molecule has 0 unspecified atom stereocenters. The van der Waals surface area contributed by atoms with Crippen LogP contribution in [0.5, 0.6) is 0 Å². The number of rotatable bonds is 8. The van der Waals surface area contributed by atoms with Crippen LogP contribution in [0.3, 0.4) is 0 Å². The second-order valence-corrected chi connectivity index (χ2v) is 12.0. The fourth-order valence-electron chi connectivity index (χ4n) is 5.84. The number of amides is 1. The quantitative estimate of drug-likeness (QED) is 0.186. The van der Waals surface area contributed by atoms with Crippen molar-refractivity contribution in [2.75, 3.05) is 28.6 Å². The molecule has 2 fully saturated rings. The molecule has 224 valence electrons. The zero-order valence-electron chi connectivity index (χ0n) is 23.8. The molecule has 1 saturated heterocycles. The van der Waals surface area contributed by atoms with Crippen LogP contribution in [0.2, 0.25) is 10.0 Å². The molecule has 12 heteroatoms. The molecule has 43 heavy (non-hydrogen) atoms. The van der Waals surface area contributed by atoms with Crippen molar-refractivity contribution < 1.29 is 4.79 Å². The molecule has 0 radical (unpaired) electrons. The molecule has 0 bridgehead atoms. The van der Waals surface area contributed by atoms with E-state index < -0.39 is 0 Å². The lowest BCUT2D eigenvalue weighted by molar-refractivity contribution is -0.122. The molecule has 1 saturated carbocycles. The number of primary amides is 1. The van der Waals surface area contributed by atoms with Crippen LogP contribution in [0.15, 0.2) is 53.7 Å². The van der Waals surface area contributed by atoms with Crippen molar-refractivity contribution >= 4 is 58.1 Å². The van der Waals surface area contributed by atoms with Crippen LogP contribution in [0.4, 0.5) is 23.0 Å². The number of guanidine groups is 1. The number of hydrogen-bond acceptors (Lipinski definition) is 7. The van der Waals surface area contributed by atoms with Gasteiger partial charge in [0.1, 0.15) is 5.69 Å². The molecule has 6 N–H and O–H groups in total. The average Bonchev–Trinajstić information content (AvgIpc) is 3.01. The fourth-order valence-corrected chi connectivity index (χ4v) is 6.42. The van der Waals surface area contributed by atoms with Crippen LogP contribution < -0.4 is 27.0 Å². The van der Waals surface area contributed by atoms with Gasteiger partial charge in [-0.25, -0.2) is 15.0 Å². The van der Waals surface area contributed by atoms with Crippen LogP contribution in [-0.2, 0) is 11.2 Å². The Hall–Kier alpha value is -4.07. The number of anilines is 3. The second-order valence-electron chi connectivity index (χ2n) is 11.2. The number of nitrogens with one attached hydrogen (secondary N) is 2. The molecule has 3 aromatic rings. The number of para-hydroxylation sites is 1. The topological polar surface area (TPSA) is 158 Å². The average molecular weight is 621 g/mol. The van der Waals surface area contributed by atoms with E-state index in [9.17, 15) is 10.1 Å². The summed E-state index contributed by atoms with van der Waals surface area (Å²) >= 11 is 12.7. The smallest absolute Gasteiger partial charge is 0.223 e. The number of aliphatic imine (C=N–C) groups is 1. The number of nitrogens with zero attached hydrogens (tertiary/aromatic N) is 5. The first kappa shape index (κ1) is 30.4. The summed E-state index contributed by atoms with van der Waals surface area (Å²) in [6.07, 6.45) is 7.71. The minimum absolute atomic E-state index is 0.0577. The van der Waals surface area contributed by atoms with Crippen LogP contribution in [0.1, 0.15) is 49.8 Å². The molecule has 10 nitrogen and oxygen atoms in total. The number of aromatic nitrogens is 2. The van der Waals surface area contributed by atoms with Crippen molar-refractivity contribution in [3.63, 3.8) is 0 Å². The number of hydrogen-bond donors (Lipinski definition) is 4. The molecule has 2 aliphatic rings. The predicted octanol–water partition coefficient (Wildman–Crippen LogP) is 5.63. The molecule has 1 aliphatic heterocycles. The second kappa shape index (κ2) is 13.9. The number of nitriles is 1. The Morgan fingerprint density at radius 2 is 1.81 bits per heavy atom. The van der Waals surface area contributed by atoms with Crippen molar-refractivity contribution in [1.82, 2.24) is 9.97 Å². The highest BCUT2D eigenvalue weighted by atomic mass is 35.5. The van der Waals surface area contributed by atoms with Gasteiger partial charge in [-0.05, 0) is 75.1 Å². The van der Waals surface area contributed by atoms with Crippen LogP contribution in [0.25, 0.3) is 0 Å². The number of halogens is 2. The summed E-state index contributed by atoms with van der Waals surface area (Å²) in [7, 11) is 0. The standard InChI is InChI=1S/C31H35Cl2N9O/c32-24-13-20(16-34)14-25(33)28(24)41-30(36)39-27-17-37-31(40-26(27)15-19-8-10-21(11-9-19)29(35)43)38-22-5-4-12-42(18-22)23-6-2-1-3-7-23/h1-3,6-7,13-14,17,19,21-22H,4-5,8-12,15,18H2,(H2,35,43)(H3,36,39,41)(H,37,38,40)/t19-,21+,22-/m1/s1. The first-order valence-corrected chi connectivity index (χ1v) is 15.3. The van der Waals surface area contributed by atoms with Crippen molar-refractivity contribution in [3.8, 4) is 6.07 Å². The van der Waals surface area contributed by atoms with Gasteiger partial charge in [-0.1, -0.05) is 41.4 Å². The molecule has 5 rings (SSSR count). The number of carbonyl (C=O) groups excluding carboxylic acids is 1. The first-order valence-electron chi connectivity index (χ1n) is 14.5. The van der Waals surface area contributed by atoms with Gasteiger partial charge in [0.15, 0.2) is 5.96 Å². The molecule has 1 amide bonds. The molecule has 1 aliphatic carbocycles. The highest BCUT2D eigenvalue weighted by Crippen LogP contribution is 2.34. The summed E-state index contributed by atoms with van der Waals surface area (Å²) < 4.78 is 0. The minimum atomic E-state index is -0.228. The van der Waals surface area contributed by atoms with Gasteiger partial charge in [0.05, 0.1) is 39.3 Å². The first-order chi connectivity index (χ1) is 20.8. The van der Waals surface area contributed by atoms with Crippen molar-refractivity contribution in [2.45, 2.75) is 51.0 Å². The largest absolute Gasteiger partial charge is 0.369 e. The Morgan fingerprint density at radius 3 is 2.49 bits per heavy atom. The maximum absolute atomic E-state index is 11.7. The van der Waals surface area contributed by atoms with Crippen LogP contribution in [0, 0.1) is 23.2 Å². The molecule has 2 aromatic carbocycles. The highest BCUT2D eigenvalue weighted by Gasteiger charge is 2.27.